The molecule has 0 spiro atoms. The van der Waals surface area contributed by atoms with Gasteiger partial charge in [-0.25, -0.2) is 13.1 Å². The van der Waals surface area contributed by atoms with Gasteiger partial charge in [0.15, 0.2) is 5.78 Å². The highest BCUT2D eigenvalue weighted by Gasteiger charge is 2.23. The molecule has 1 amide bonds. The molecule has 7 heteroatoms. The van der Waals surface area contributed by atoms with Crippen molar-refractivity contribution in [3.8, 4) is 0 Å². The third-order valence-corrected chi connectivity index (χ3v) is 5.76. The van der Waals surface area contributed by atoms with Gasteiger partial charge in [-0.2, -0.15) is 0 Å². The summed E-state index contributed by atoms with van der Waals surface area (Å²) in [5.41, 5.74) is 0.344. The van der Waals surface area contributed by atoms with Crippen LogP contribution in [0.3, 0.4) is 0 Å². The summed E-state index contributed by atoms with van der Waals surface area (Å²) in [5.74, 6) is -0.219. The molecule has 0 radical (unpaired) electrons. The van der Waals surface area contributed by atoms with Crippen LogP contribution >= 0.6 is 0 Å². The minimum absolute atomic E-state index is 0.0256. The lowest BCUT2D eigenvalue weighted by Crippen LogP contribution is -2.43. The van der Waals surface area contributed by atoms with Crippen LogP contribution in [-0.2, 0) is 14.8 Å². The normalized spacial score (nSPS) is 18.4. The molecule has 0 aromatic heterocycles. The minimum Gasteiger partial charge on any atom is -0.340 e. The maximum atomic E-state index is 12.3. The van der Waals surface area contributed by atoms with Gasteiger partial charge in [0.05, 0.1) is 4.90 Å². The molecule has 0 aliphatic carbocycles. The first-order chi connectivity index (χ1) is 11.3. The SMILES string of the molecule is CC(=O)c1cccc(S(=O)(=O)NCCC(=O)N2CCCCC2C)c1. The number of carbonyl (C=O) groups is 2. The van der Waals surface area contributed by atoms with E-state index in [1.807, 2.05) is 11.8 Å². The molecule has 1 heterocycles. The molecule has 1 N–H and O–H groups in total. The van der Waals surface area contributed by atoms with Crippen LogP contribution in [-0.4, -0.2) is 44.1 Å². The standard InChI is InChI=1S/C17H24N2O4S/c1-13-6-3-4-11-19(13)17(21)9-10-18-24(22,23)16-8-5-7-15(12-16)14(2)20/h5,7-8,12-13,18H,3-4,6,9-11H2,1-2H3. The Labute approximate surface area is 143 Å². The maximum Gasteiger partial charge on any atom is 0.240 e. The van der Waals surface area contributed by atoms with Gasteiger partial charge in [-0.05, 0) is 45.2 Å². The largest absolute Gasteiger partial charge is 0.340 e. The van der Waals surface area contributed by atoms with Crippen molar-refractivity contribution >= 4 is 21.7 Å². The first-order valence-corrected chi connectivity index (χ1v) is 9.70. The number of benzene rings is 1. The fraction of sp³-hybridized carbons (Fsp3) is 0.529. The molecule has 1 aromatic rings. The van der Waals surface area contributed by atoms with Crippen LogP contribution in [0, 0.1) is 0 Å². The van der Waals surface area contributed by atoms with Gasteiger partial charge in [-0.1, -0.05) is 12.1 Å². The number of carbonyl (C=O) groups excluding carboxylic acids is 2. The zero-order valence-corrected chi connectivity index (χ0v) is 14.9. The summed E-state index contributed by atoms with van der Waals surface area (Å²) < 4.78 is 27.0. The van der Waals surface area contributed by atoms with E-state index in [1.54, 1.807) is 6.07 Å². The number of nitrogens with zero attached hydrogens (tertiary/aromatic N) is 1. The highest BCUT2D eigenvalue weighted by atomic mass is 32.2. The van der Waals surface area contributed by atoms with Gasteiger partial charge in [0.1, 0.15) is 0 Å². The summed E-state index contributed by atoms with van der Waals surface area (Å²) in [4.78, 5) is 25.5. The molecule has 1 saturated heterocycles. The van der Waals surface area contributed by atoms with E-state index in [2.05, 4.69) is 4.72 Å². The molecule has 1 atom stereocenters. The van der Waals surface area contributed by atoms with Gasteiger partial charge in [0.2, 0.25) is 15.9 Å². The van der Waals surface area contributed by atoms with Crippen molar-refractivity contribution in [1.82, 2.24) is 9.62 Å². The molecule has 1 aliphatic rings. The van der Waals surface area contributed by atoms with Crippen molar-refractivity contribution in [3.63, 3.8) is 0 Å². The second-order valence-electron chi connectivity index (χ2n) is 6.16. The van der Waals surface area contributed by atoms with Crippen LogP contribution in [0.25, 0.3) is 0 Å². The number of rotatable bonds is 6. The Bertz CT molecular complexity index is 715. The van der Waals surface area contributed by atoms with Gasteiger partial charge in [-0.15, -0.1) is 0 Å². The third kappa shape index (κ3) is 4.64. The summed E-state index contributed by atoms with van der Waals surface area (Å²) in [6, 6.07) is 6.10. The van der Waals surface area contributed by atoms with Gasteiger partial charge in [-0.3, -0.25) is 9.59 Å². The second kappa shape index (κ2) is 7.90. The fourth-order valence-corrected chi connectivity index (χ4v) is 3.95. The Morgan fingerprint density at radius 3 is 2.71 bits per heavy atom. The lowest BCUT2D eigenvalue weighted by Gasteiger charge is -2.33. The summed E-state index contributed by atoms with van der Waals surface area (Å²) in [7, 11) is -3.73. The van der Waals surface area contributed by atoms with Crippen LogP contribution in [0.2, 0.25) is 0 Å². The summed E-state index contributed by atoms with van der Waals surface area (Å²) in [6.45, 7) is 4.20. The Balaban J connectivity index is 1.94. The minimum atomic E-state index is -3.73. The highest BCUT2D eigenvalue weighted by molar-refractivity contribution is 7.89. The second-order valence-corrected chi connectivity index (χ2v) is 7.93. The Morgan fingerprint density at radius 1 is 1.29 bits per heavy atom. The topological polar surface area (TPSA) is 83.5 Å². The van der Waals surface area contributed by atoms with Gasteiger partial charge >= 0.3 is 0 Å². The molecule has 1 aromatic carbocycles. The lowest BCUT2D eigenvalue weighted by atomic mass is 10.0. The highest BCUT2D eigenvalue weighted by Crippen LogP contribution is 2.17. The monoisotopic (exact) mass is 352 g/mol. The average molecular weight is 352 g/mol. The van der Waals surface area contributed by atoms with Crippen LogP contribution in [0.15, 0.2) is 29.2 Å². The van der Waals surface area contributed by atoms with E-state index in [1.165, 1.54) is 25.1 Å². The van der Waals surface area contributed by atoms with Crippen LogP contribution in [0.5, 0.6) is 0 Å². The molecule has 6 nitrogen and oxygen atoms in total. The third-order valence-electron chi connectivity index (χ3n) is 4.31. The van der Waals surface area contributed by atoms with Crippen LogP contribution in [0.1, 0.15) is 49.9 Å². The van der Waals surface area contributed by atoms with E-state index in [0.717, 1.165) is 25.8 Å². The summed E-state index contributed by atoms with van der Waals surface area (Å²) in [6.07, 6.45) is 3.26. The molecule has 1 aliphatic heterocycles. The first kappa shape index (κ1) is 18.6. The lowest BCUT2D eigenvalue weighted by molar-refractivity contribution is -0.134. The van der Waals surface area contributed by atoms with Crippen LogP contribution in [0.4, 0.5) is 0 Å². The van der Waals surface area contributed by atoms with E-state index < -0.39 is 10.0 Å². The molecular formula is C17H24N2O4S. The van der Waals surface area contributed by atoms with E-state index in [0.29, 0.717) is 5.56 Å². The number of likely N-dealkylation sites (tertiary alicyclic amines) is 1. The van der Waals surface area contributed by atoms with Crippen molar-refractivity contribution in [2.45, 2.75) is 50.5 Å². The molecule has 2 rings (SSSR count). The number of amides is 1. The van der Waals surface area contributed by atoms with E-state index in [9.17, 15) is 18.0 Å². The van der Waals surface area contributed by atoms with Crippen LogP contribution < -0.4 is 4.72 Å². The number of ketones is 1. The average Bonchev–Trinajstić information content (AvgIpc) is 2.55. The Hall–Kier alpha value is -1.73. The van der Waals surface area contributed by atoms with E-state index in [-0.39, 0.29) is 35.6 Å². The number of hydrogen-bond acceptors (Lipinski definition) is 4. The molecule has 0 saturated carbocycles. The van der Waals surface area contributed by atoms with Crippen molar-refractivity contribution in [1.29, 1.82) is 0 Å². The predicted molar refractivity (Wildman–Crippen MR) is 91.3 cm³/mol. The van der Waals surface area contributed by atoms with E-state index in [4.69, 9.17) is 0 Å². The quantitative estimate of drug-likeness (QED) is 0.793. The van der Waals surface area contributed by atoms with Crippen molar-refractivity contribution < 1.29 is 18.0 Å². The van der Waals surface area contributed by atoms with Crippen molar-refractivity contribution in [2.75, 3.05) is 13.1 Å². The predicted octanol–water partition coefficient (Wildman–Crippen LogP) is 1.96. The molecule has 1 fully saturated rings. The van der Waals surface area contributed by atoms with E-state index >= 15 is 0 Å². The fourth-order valence-electron chi connectivity index (χ4n) is 2.87. The zero-order chi connectivity index (χ0) is 17.7. The zero-order valence-electron chi connectivity index (χ0n) is 14.1. The molecule has 1 unspecified atom stereocenters. The van der Waals surface area contributed by atoms with Gasteiger partial charge < -0.3 is 4.90 Å². The Morgan fingerprint density at radius 2 is 2.04 bits per heavy atom. The summed E-state index contributed by atoms with van der Waals surface area (Å²) in [5, 5.41) is 0. The molecule has 24 heavy (non-hydrogen) atoms. The number of sulfonamides is 1. The summed E-state index contributed by atoms with van der Waals surface area (Å²) >= 11 is 0. The van der Waals surface area contributed by atoms with Gasteiger partial charge in [0, 0.05) is 31.1 Å². The molecule has 0 bridgehead atoms. The van der Waals surface area contributed by atoms with Gasteiger partial charge in [0.25, 0.3) is 0 Å². The van der Waals surface area contributed by atoms with Crippen molar-refractivity contribution in [2.24, 2.45) is 0 Å². The number of hydrogen-bond donors (Lipinski definition) is 1. The number of nitrogens with one attached hydrogen (secondary N) is 1. The Kier molecular flexibility index (Phi) is 6.12. The van der Waals surface area contributed by atoms with Crippen molar-refractivity contribution in [3.05, 3.63) is 29.8 Å². The maximum absolute atomic E-state index is 12.3. The number of Topliss-reactive ketones (excluding diaryl/α,β-unsaturated/α-hetero) is 1. The number of piperidine rings is 1. The smallest absolute Gasteiger partial charge is 0.240 e. The molecular weight excluding hydrogens is 328 g/mol. The first-order valence-electron chi connectivity index (χ1n) is 8.21. The molecule has 132 valence electrons.